The molecule has 1 aromatic carbocycles. The standard InChI is InChI=1S/C20H24Cl2N6O2S2/c1-12-24-19(27-26-12)17-10-31-20(25-17)32-11-18(29)23-7-14-9-28(4-5-30-14)8-13-2-3-15(21)16(22)6-13/h2-3,6,10,12,14,26H,4-5,7-9,11H2,1H3,(H,23,29)(H,24,27)/t12?,14-/m0/s1. The number of aromatic nitrogens is 1. The molecule has 3 N–H and O–H groups in total. The second-order valence-electron chi connectivity index (χ2n) is 7.52. The highest BCUT2D eigenvalue weighted by atomic mass is 35.5. The number of nitrogens with zero attached hydrogens (tertiary/aromatic N) is 3. The minimum absolute atomic E-state index is 0.0384. The minimum Gasteiger partial charge on any atom is -0.374 e. The molecule has 4 rings (SSSR count). The van der Waals surface area contributed by atoms with Gasteiger partial charge in [-0.2, -0.15) is 5.10 Å². The smallest absolute Gasteiger partial charge is 0.230 e. The first-order valence-corrected chi connectivity index (χ1v) is 12.8. The summed E-state index contributed by atoms with van der Waals surface area (Å²) in [5.41, 5.74) is 4.83. The molecule has 8 nitrogen and oxygen atoms in total. The van der Waals surface area contributed by atoms with Crippen LogP contribution in [0.15, 0.2) is 33.0 Å². The van der Waals surface area contributed by atoms with E-state index in [0.717, 1.165) is 41.1 Å². The molecule has 1 aromatic heterocycles. The van der Waals surface area contributed by atoms with E-state index in [1.807, 2.05) is 30.5 Å². The fraction of sp³-hybridized carbons (Fsp3) is 0.450. The molecular weight excluding hydrogens is 491 g/mol. The number of hydrogen-bond donors (Lipinski definition) is 3. The van der Waals surface area contributed by atoms with Gasteiger partial charge in [-0.1, -0.05) is 41.0 Å². The third-order valence-electron chi connectivity index (χ3n) is 4.92. The maximum atomic E-state index is 12.3. The fourth-order valence-electron chi connectivity index (χ4n) is 3.34. The topological polar surface area (TPSA) is 90.9 Å². The van der Waals surface area contributed by atoms with Gasteiger partial charge in [-0.25, -0.2) is 4.98 Å². The Bertz CT molecular complexity index is 989. The summed E-state index contributed by atoms with van der Waals surface area (Å²) in [6.07, 6.45) is 0.0448. The van der Waals surface area contributed by atoms with Gasteiger partial charge in [0.05, 0.1) is 28.5 Å². The van der Waals surface area contributed by atoms with E-state index < -0.39 is 0 Å². The quantitative estimate of drug-likeness (QED) is 0.466. The number of morpholine rings is 1. The SMILES string of the molecule is CC1NN=C(c2csc(SCC(=O)NC[C@H]3CN(Cc4ccc(Cl)c(Cl)c4)CCO3)n2)N1. The Kier molecular flexibility index (Phi) is 8.14. The third kappa shape index (κ3) is 6.49. The molecule has 32 heavy (non-hydrogen) atoms. The van der Waals surface area contributed by atoms with Gasteiger partial charge in [0.25, 0.3) is 0 Å². The molecule has 2 atom stereocenters. The molecule has 1 saturated heterocycles. The molecular formula is C20H24Cl2N6O2S2. The van der Waals surface area contributed by atoms with Crippen LogP contribution >= 0.6 is 46.3 Å². The number of thiazole rings is 1. The van der Waals surface area contributed by atoms with Crippen molar-refractivity contribution in [2.45, 2.75) is 30.1 Å². The van der Waals surface area contributed by atoms with Gasteiger partial charge in [0.15, 0.2) is 10.2 Å². The van der Waals surface area contributed by atoms with Gasteiger partial charge in [-0.3, -0.25) is 15.1 Å². The minimum atomic E-state index is -0.0483. The summed E-state index contributed by atoms with van der Waals surface area (Å²) >= 11 is 15.0. The van der Waals surface area contributed by atoms with E-state index in [0.29, 0.717) is 28.9 Å². The second kappa shape index (κ2) is 11.0. The van der Waals surface area contributed by atoms with Crippen molar-refractivity contribution >= 4 is 58.0 Å². The summed E-state index contributed by atoms with van der Waals surface area (Å²) in [6, 6.07) is 5.69. The number of carbonyl (C=O) groups excluding carboxylic acids is 1. The van der Waals surface area contributed by atoms with Crippen molar-refractivity contribution in [1.29, 1.82) is 0 Å². The van der Waals surface area contributed by atoms with E-state index in [9.17, 15) is 4.79 Å². The Morgan fingerprint density at radius 2 is 2.28 bits per heavy atom. The molecule has 1 fully saturated rings. The number of thioether (sulfide) groups is 1. The molecule has 172 valence electrons. The molecule has 12 heteroatoms. The van der Waals surface area contributed by atoms with Gasteiger partial charge >= 0.3 is 0 Å². The highest BCUT2D eigenvalue weighted by molar-refractivity contribution is 8.01. The van der Waals surface area contributed by atoms with Crippen LogP contribution in [-0.4, -0.2) is 65.9 Å². The predicted octanol–water partition coefficient (Wildman–Crippen LogP) is 2.76. The van der Waals surface area contributed by atoms with Crippen LogP contribution in [0.25, 0.3) is 0 Å². The zero-order valence-corrected chi connectivity index (χ0v) is 20.6. The fourth-order valence-corrected chi connectivity index (χ4v) is 5.31. The third-order valence-corrected chi connectivity index (χ3v) is 7.68. The second-order valence-corrected chi connectivity index (χ2v) is 10.4. The summed E-state index contributed by atoms with van der Waals surface area (Å²) in [5.74, 6) is 0.995. The molecule has 2 aromatic rings. The van der Waals surface area contributed by atoms with E-state index in [1.54, 1.807) is 0 Å². The van der Waals surface area contributed by atoms with Crippen LogP contribution < -0.4 is 16.1 Å². The van der Waals surface area contributed by atoms with E-state index in [2.05, 4.69) is 31.0 Å². The van der Waals surface area contributed by atoms with Gasteiger partial charge in [0.2, 0.25) is 5.91 Å². The number of nitrogens with one attached hydrogen (secondary N) is 3. The van der Waals surface area contributed by atoms with Crippen LogP contribution in [0.5, 0.6) is 0 Å². The number of carbonyl (C=O) groups is 1. The lowest BCUT2D eigenvalue weighted by Crippen LogP contribution is -2.47. The van der Waals surface area contributed by atoms with Crippen LogP contribution in [-0.2, 0) is 16.1 Å². The molecule has 1 unspecified atom stereocenters. The van der Waals surface area contributed by atoms with Crippen molar-refractivity contribution in [2.24, 2.45) is 5.10 Å². The summed E-state index contributed by atoms with van der Waals surface area (Å²) in [6.45, 7) is 5.42. The highest BCUT2D eigenvalue weighted by Crippen LogP contribution is 2.24. The Morgan fingerprint density at radius 3 is 3.06 bits per heavy atom. The highest BCUT2D eigenvalue weighted by Gasteiger charge is 2.22. The summed E-state index contributed by atoms with van der Waals surface area (Å²) in [4.78, 5) is 19.1. The number of amidine groups is 1. The van der Waals surface area contributed by atoms with Crippen molar-refractivity contribution in [3.63, 3.8) is 0 Å². The number of amides is 1. The van der Waals surface area contributed by atoms with Gasteiger partial charge in [0.1, 0.15) is 11.9 Å². The molecule has 0 spiro atoms. The number of hydrazone groups is 1. The maximum Gasteiger partial charge on any atom is 0.230 e. The van der Waals surface area contributed by atoms with Crippen LogP contribution in [0.1, 0.15) is 18.2 Å². The first-order chi connectivity index (χ1) is 15.5. The monoisotopic (exact) mass is 514 g/mol. The van der Waals surface area contributed by atoms with Crippen LogP contribution in [0.3, 0.4) is 0 Å². The van der Waals surface area contributed by atoms with Crippen molar-refractivity contribution in [2.75, 3.05) is 32.0 Å². The van der Waals surface area contributed by atoms with E-state index in [4.69, 9.17) is 27.9 Å². The van der Waals surface area contributed by atoms with Crippen molar-refractivity contribution in [3.8, 4) is 0 Å². The van der Waals surface area contributed by atoms with Gasteiger partial charge in [0, 0.05) is 31.6 Å². The Labute approximate surface area is 205 Å². The molecule has 0 bridgehead atoms. The lowest BCUT2D eigenvalue weighted by Gasteiger charge is -2.33. The normalized spacial score (nSPS) is 21.0. The number of benzene rings is 1. The number of halogens is 2. The zero-order chi connectivity index (χ0) is 22.5. The van der Waals surface area contributed by atoms with Crippen molar-refractivity contribution in [3.05, 3.63) is 44.9 Å². The van der Waals surface area contributed by atoms with Crippen LogP contribution in [0, 0.1) is 0 Å². The molecule has 0 aliphatic carbocycles. The molecule has 1 amide bonds. The Balaban J connectivity index is 1.18. The van der Waals surface area contributed by atoms with E-state index in [-0.39, 0.29) is 18.2 Å². The van der Waals surface area contributed by atoms with Crippen LogP contribution in [0.2, 0.25) is 10.0 Å². The van der Waals surface area contributed by atoms with Gasteiger partial charge in [-0.15, -0.1) is 11.3 Å². The average molecular weight is 515 g/mol. The lowest BCUT2D eigenvalue weighted by atomic mass is 10.2. The Hall–Kier alpha value is -1.56. The largest absolute Gasteiger partial charge is 0.374 e. The first-order valence-electron chi connectivity index (χ1n) is 10.2. The zero-order valence-electron chi connectivity index (χ0n) is 17.4. The number of ether oxygens (including phenoxy) is 1. The van der Waals surface area contributed by atoms with Gasteiger partial charge < -0.3 is 15.4 Å². The molecule has 2 aliphatic rings. The summed E-state index contributed by atoms with van der Waals surface area (Å²) in [7, 11) is 0. The summed E-state index contributed by atoms with van der Waals surface area (Å²) in [5, 5.41) is 13.4. The summed E-state index contributed by atoms with van der Waals surface area (Å²) < 4.78 is 6.66. The van der Waals surface area contributed by atoms with Crippen molar-refractivity contribution < 1.29 is 9.53 Å². The number of hydrogen-bond acceptors (Lipinski definition) is 9. The Morgan fingerprint density at radius 1 is 1.41 bits per heavy atom. The van der Waals surface area contributed by atoms with E-state index >= 15 is 0 Å². The predicted molar refractivity (Wildman–Crippen MR) is 130 cm³/mol. The van der Waals surface area contributed by atoms with Crippen LogP contribution in [0.4, 0.5) is 0 Å². The van der Waals surface area contributed by atoms with Gasteiger partial charge in [-0.05, 0) is 24.6 Å². The molecule has 0 saturated carbocycles. The molecule has 0 radical (unpaired) electrons. The lowest BCUT2D eigenvalue weighted by molar-refractivity contribution is -0.119. The first kappa shape index (κ1) is 23.6. The average Bonchev–Trinajstić information content (AvgIpc) is 3.42. The van der Waals surface area contributed by atoms with Crippen molar-refractivity contribution in [1.82, 2.24) is 25.9 Å². The maximum absolute atomic E-state index is 12.3. The molecule has 2 aliphatic heterocycles. The number of rotatable bonds is 8. The molecule has 3 heterocycles. The van der Waals surface area contributed by atoms with E-state index in [1.165, 1.54) is 23.1 Å².